The lowest BCUT2D eigenvalue weighted by Crippen LogP contribution is -2.38. The summed E-state index contributed by atoms with van der Waals surface area (Å²) in [5, 5.41) is 2.36. The van der Waals surface area contributed by atoms with E-state index in [4.69, 9.17) is 4.98 Å². The van der Waals surface area contributed by atoms with Crippen LogP contribution >= 0.6 is 0 Å². The van der Waals surface area contributed by atoms with Crippen molar-refractivity contribution >= 4 is 31.7 Å². The summed E-state index contributed by atoms with van der Waals surface area (Å²) in [6.07, 6.45) is 2.58. The van der Waals surface area contributed by atoms with Gasteiger partial charge in [0.1, 0.15) is 5.82 Å². The fourth-order valence-corrected chi connectivity index (χ4v) is 6.72. The van der Waals surface area contributed by atoms with Gasteiger partial charge in [-0.3, -0.25) is 9.36 Å². The summed E-state index contributed by atoms with van der Waals surface area (Å²) >= 11 is 0. The third-order valence-electron chi connectivity index (χ3n) is 7.19. The first-order valence-corrected chi connectivity index (χ1v) is 14.9. The second kappa shape index (κ2) is 11.5. The first-order valence-electron chi connectivity index (χ1n) is 13.4. The first kappa shape index (κ1) is 26.8. The molecule has 0 saturated heterocycles. The zero-order chi connectivity index (χ0) is 27.4. The van der Waals surface area contributed by atoms with Gasteiger partial charge in [0, 0.05) is 6.54 Å². The fourth-order valence-electron chi connectivity index (χ4n) is 5.05. The Hall–Kier alpha value is -3.81. The first-order chi connectivity index (χ1) is 18.9. The maximum absolute atomic E-state index is 14.2. The molecule has 6 nitrogen and oxygen atoms in total. The van der Waals surface area contributed by atoms with Gasteiger partial charge >= 0.3 is 0 Å². The lowest BCUT2D eigenvalue weighted by atomic mass is 10.1. The summed E-state index contributed by atoms with van der Waals surface area (Å²) in [5.74, 6) is 0.434. The highest BCUT2D eigenvalue weighted by atomic mass is 32.2. The van der Waals surface area contributed by atoms with Gasteiger partial charge in [0.2, 0.25) is 10.0 Å². The van der Waals surface area contributed by atoms with Crippen molar-refractivity contribution in [3.8, 4) is 0 Å². The van der Waals surface area contributed by atoms with Crippen LogP contribution < -0.4 is 5.56 Å². The number of benzene rings is 4. The molecular weight excluding hydrogens is 506 g/mol. The van der Waals surface area contributed by atoms with Gasteiger partial charge in [-0.25, -0.2) is 13.4 Å². The monoisotopic (exact) mass is 539 g/mol. The summed E-state index contributed by atoms with van der Waals surface area (Å²) in [4.78, 5) is 18.9. The molecule has 5 rings (SSSR count). The molecule has 39 heavy (non-hydrogen) atoms. The minimum Gasteiger partial charge on any atom is -0.290 e. The van der Waals surface area contributed by atoms with Gasteiger partial charge in [0.25, 0.3) is 5.56 Å². The van der Waals surface area contributed by atoms with E-state index >= 15 is 0 Å². The maximum Gasteiger partial charge on any atom is 0.261 e. The van der Waals surface area contributed by atoms with Crippen LogP contribution in [0.25, 0.3) is 21.7 Å². The molecule has 0 bridgehead atoms. The number of rotatable bonds is 10. The third-order valence-corrected chi connectivity index (χ3v) is 9.16. The molecule has 200 valence electrons. The van der Waals surface area contributed by atoms with E-state index < -0.39 is 16.1 Å². The van der Waals surface area contributed by atoms with Crippen molar-refractivity contribution in [1.82, 2.24) is 13.9 Å². The van der Waals surface area contributed by atoms with Crippen LogP contribution in [0, 0.1) is 0 Å². The highest BCUT2D eigenvalue weighted by Gasteiger charge is 2.32. The van der Waals surface area contributed by atoms with Gasteiger partial charge in [0.05, 0.1) is 28.4 Å². The molecule has 0 saturated carbocycles. The van der Waals surface area contributed by atoms with Gasteiger partial charge in [0.15, 0.2) is 0 Å². The molecule has 5 aromatic rings. The SMILES string of the molecule is CCCCCN(C(C)c1nc2ccccc2c(=O)n1Cc1ccccc1)S(=O)(=O)c1ccc2ccccc2c1. The summed E-state index contributed by atoms with van der Waals surface area (Å²) in [6, 6.07) is 29.3. The summed E-state index contributed by atoms with van der Waals surface area (Å²) in [7, 11) is -3.90. The molecular formula is C32H33N3O3S. The zero-order valence-electron chi connectivity index (χ0n) is 22.3. The topological polar surface area (TPSA) is 72.3 Å². The van der Waals surface area contributed by atoms with Crippen molar-refractivity contribution < 1.29 is 8.42 Å². The van der Waals surface area contributed by atoms with Crippen molar-refractivity contribution in [3.05, 3.63) is 119 Å². The van der Waals surface area contributed by atoms with Crippen LogP contribution in [0.5, 0.6) is 0 Å². The molecule has 0 radical (unpaired) electrons. The van der Waals surface area contributed by atoms with Gasteiger partial charge in [-0.05, 0) is 53.9 Å². The van der Waals surface area contributed by atoms with Crippen LogP contribution in [0.15, 0.2) is 107 Å². The molecule has 1 atom stereocenters. The van der Waals surface area contributed by atoms with Gasteiger partial charge in [-0.15, -0.1) is 0 Å². The Balaban J connectivity index is 1.65. The number of sulfonamides is 1. The third kappa shape index (κ3) is 5.51. The highest BCUT2D eigenvalue weighted by Crippen LogP contribution is 2.30. The Morgan fingerprint density at radius 2 is 1.54 bits per heavy atom. The highest BCUT2D eigenvalue weighted by molar-refractivity contribution is 7.89. The van der Waals surface area contributed by atoms with Crippen molar-refractivity contribution in [3.63, 3.8) is 0 Å². The Morgan fingerprint density at radius 1 is 0.846 bits per heavy atom. The molecule has 7 heteroatoms. The van der Waals surface area contributed by atoms with E-state index in [0.29, 0.717) is 36.2 Å². The molecule has 0 aliphatic rings. The lowest BCUT2D eigenvalue weighted by Gasteiger charge is -2.30. The fraction of sp³-hybridized carbons (Fsp3) is 0.250. The minimum absolute atomic E-state index is 0.178. The largest absolute Gasteiger partial charge is 0.290 e. The van der Waals surface area contributed by atoms with Crippen molar-refractivity contribution in [1.29, 1.82) is 0 Å². The zero-order valence-corrected chi connectivity index (χ0v) is 23.1. The quantitative estimate of drug-likeness (QED) is 0.189. The minimum atomic E-state index is -3.90. The van der Waals surface area contributed by atoms with E-state index in [1.807, 2.05) is 79.7 Å². The molecule has 0 fully saturated rings. The lowest BCUT2D eigenvalue weighted by molar-refractivity contribution is 0.315. The molecule has 0 aliphatic carbocycles. The van der Waals surface area contributed by atoms with Crippen LogP contribution in [-0.2, 0) is 16.6 Å². The number of fused-ring (bicyclic) bond motifs is 2. The second-order valence-electron chi connectivity index (χ2n) is 9.87. The number of aromatic nitrogens is 2. The predicted molar refractivity (Wildman–Crippen MR) is 157 cm³/mol. The standard InChI is InChI=1S/C32H33N3O3S/c1-3-4-12-21-35(39(37,38)28-20-19-26-15-8-9-16-27(26)22-28)24(2)31-33-30-18-11-10-17-29(30)32(36)34(31)23-25-13-6-5-7-14-25/h5-11,13-20,22,24H,3-4,12,21,23H2,1-2H3. The van der Waals surface area contributed by atoms with E-state index in [1.54, 1.807) is 28.8 Å². The average molecular weight is 540 g/mol. The van der Waals surface area contributed by atoms with Crippen molar-refractivity contribution in [2.24, 2.45) is 0 Å². The number of unbranched alkanes of at least 4 members (excludes halogenated alkanes) is 2. The van der Waals surface area contributed by atoms with Crippen LogP contribution in [0.2, 0.25) is 0 Å². The van der Waals surface area contributed by atoms with Gasteiger partial charge in [-0.2, -0.15) is 4.31 Å². The molecule has 1 aromatic heterocycles. The molecule has 4 aromatic carbocycles. The molecule has 0 N–H and O–H groups in total. The number of hydrogen-bond donors (Lipinski definition) is 0. The van der Waals surface area contributed by atoms with Crippen LogP contribution in [0.3, 0.4) is 0 Å². The van der Waals surface area contributed by atoms with Crippen LogP contribution in [0.1, 0.15) is 50.5 Å². The van der Waals surface area contributed by atoms with E-state index in [-0.39, 0.29) is 10.5 Å². The smallest absolute Gasteiger partial charge is 0.261 e. The second-order valence-corrected chi connectivity index (χ2v) is 11.8. The Morgan fingerprint density at radius 3 is 2.31 bits per heavy atom. The van der Waals surface area contributed by atoms with E-state index in [2.05, 4.69) is 6.92 Å². The molecule has 0 spiro atoms. The Labute approximate surface area is 229 Å². The Kier molecular flexibility index (Phi) is 7.91. The molecule has 1 unspecified atom stereocenters. The summed E-state index contributed by atoms with van der Waals surface area (Å²) < 4.78 is 31.6. The van der Waals surface area contributed by atoms with Gasteiger partial charge < -0.3 is 0 Å². The Bertz CT molecular complexity index is 1760. The van der Waals surface area contributed by atoms with Crippen molar-refractivity contribution in [2.45, 2.75) is 50.6 Å². The molecule has 0 aliphatic heterocycles. The predicted octanol–water partition coefficient (Wildman–Crippen LogP) is 6.54. The van der Waals surface area contributed by atoms with E-state index in [9.17, 15) is 13.2 Å². The van der Waals surface area contributed by atoms with Crippen LogP contribution in [0.4, 0.5) is 0 Å². The summed E-state index contributed by atoms with van der Waals surface area (Å²) in [5.41, 5.74) is 1.33. The average Bonchev–Trinajstić information content (AvgIpc) is 2.96. The molecule has 1 heterocycles. The van der Waals surface area contributed by atoms with Crippen molar-refractivity contribution in [2.75, 3.05) is 6.54 Å². The van der Waals surface area contributed by atoms with E-state index in [0.717, 1.165) is 29.2 Å². The maximum atomic E-state index is 14.2. The van der Waals surface area contributed by atoms with Crippen LogP contribution in [-0.4, -0.2) is 28.8 Å². The van der Waals surface area contributed by atoms with Gasteiger partial charge in [-0.1, -0.05) is 92.6 Å². The number of nitrogens with zero attached hydrogens (tertiary/aromatic N) is 3. The number of hydrogen-bond acceptors (Lipinski definition) is 4. The number of para-hydroxylation sites is 1. The normalized spacial score (nSPS) is 12.8. The van der Waals surface area contributed by atoms with E-state index in [1.165, 1.54) is 4.31 Å². The summed E-state index contributed by atoms with van der Waals surface area (Å²) in [6.45, 7) is 4.56. The molecule has 0 amide bonds.